The summed E-state index contributed by atoms with van der Waals surface area (Å²) in [5, 5.41) is 16.7. The van der Waals surface area contributed by atoms with Crippen LogP contribution in [0.1, 0.15) is 16.7 Å². The van der Waals surface area contributed by atoms with Gasteiger partial charge in [-0.05, 0) is 44.0 Å². The van der Waals surface area contributed by atoms with E-state index in [0.717, 1.165) is 5.69 Å². The molecule has 4 aromatic rings. The number of aromatic nitrogens is 1. The first-order chi connectivity index (χ1) is 13.0. The molecule has 0 bridgehead atoms. The van der Waals surface area contributed by atoms with E-state index in [4.69, 9.17) is 0 Å². The summed E-state index contributed by atoms with van der Waals surface area (Å²) in [5.41, 5.74) is 7.16. The van der Waals surface area contributed by atoms with Crippen LogP contribution in [0, 0.1) is 20.8 Å². The number of aliphatic hydroxyl groups excluding tert-OH is 1. The van der Waals surface area contributed by atoms with Gasteiger partial charge in [0.1, 0.15) is 0 Å². The highest BCUT2D eigenvalue weighted by atomic mass is 16.3. The zero-order valence-electron chi connectivity index (χ0n) is 16.2. The molecule has 2 N–H and O–H groups in total. The third-order valence-electron chi connectivity index (χ3n) is 5.26. The minimum absolute atomic E-state index is 0.482. The van der Waals surface area contributed by atoms with Crippen LogP contribution in [0.3, 0.4) is 0 Å². The van der Waals surface area contributed by atoms with Crippen molar-refractivity contribution in [1.29, 1.82) is 0 Å². The van der Waals surface area contributed by atoms with Crippen LogP contribution in [-0.2, 0) is 6.54 Å². The number of nitrogens with zero attached hydrogens (tertiary/aromatic N) is 1. The summed E-state index contributed by atoms with van der Waals surface area (Å²) in [4.78, 5) is 0. The first-order valence-corrected chi connectivity index (χ1v) is 9.50. The van der Waals surface area contributed by atoms with Crippen molar-refractivity contribution in [2.45, 2.75) is 33.4 Å². The maximum atomic E-state index is 10.8. The minimum Gasteiger partial charge on any atom is -0.389 e. The molecule has 1 aromatic heterocycles. The number of nitrogens with one attached hydrogen (secondary N) is 1. The number of hydrogen-bond acceptors (Lipinski definition) is 2. The van der Waals surface area contributed by atoms with E-state index in [1.807, 2.05) is 0 Å². The molecular weight excluding hydrogens is 332 g/mol. The smallest absolute Gasteiger partial charge is 0.0891 e. The maximum absolute atomic E-state index is 10.8. The molecular formula is C24H26N2O. The van der Waals surface area contributed by atoms with Crippen molar-refractivity contribution >= 4 is 27.5 Å². The zero-order valence-corrected chi connectivity index (χ0v) is 16.2. The largest absolute Gasteiger partial charge is 0.389 e. The molecule has 0 amide bonds. The highest BCUT2D eigenvalue weighted by Gasteiger charge is 2.14. The van der Waals surface area contributed by atoms with Crippen molar-refractivity contribution in [3.8, 4) is 0 Å². The van der Waals surface area contributed by atoms with Gasteiger partial charge in [-0.1, -0.05) is 54.1 Å². The van der Waals surface area contributed by atoms with Gasteiger partial charge in [0.25, 0.3) is 0 Å². The lowest BCUT2D eigenvalue weighted by Crippen LogP contribution is -2.25. The molecule has 0 fully saturated rings. The maximum Gasteiger partial charge on any atom is 0.0891 e. The van der Waals surface area contributed by atoms with Gasteiger partial charge >= 0.3 is 0 Å². The van der Waals surface area contributed by atoms with Gasteiger partial charge < -0.3 is 15.0 Å². The van der Waals surface area contributed by atoms with Crippen LogP contribution in [0.2, 0.25) is 0 Å². The standard InChI is InChI=1S/C24H26N2O/c1-16-12-17(2)24(18(3)13-16)25-14-19(27)15-26-22-10-6-4-8-20(22)21-9-5-7-11-23(21)26/h4-13,19,25,27H,14-15H2,1-3H3/t19-/m1/s1. The molecule has 0 aliphatic carbocycles. The Kier molecular flexibility index (Phi) is 4.63. The van der Waals surface area contributed by atoms with Gasteiger partial charge in [0.15, 0.2) is 0 Å². The predicted molar refractivity (Wildman–Crippen MR) is 115 cm³/mol. The summed E-state index contributed by atoms with van der Waals surface area (Å²) in [6.45, 7) is 7.42. The van der Waals surface area contributed by atoms with Gasteiger partial charge in [-0.3, -0.25) is 0 Å². The number of benzene rings is 3. The minimum atomic E-state index is -0.482. The Labute approximate surface area is 160 Å². The molecule has 4 rings (SSSR count). The fourth-order valence-electron chi connectivity index (χ4n) is 4.15. The lowest BCUT2D eigenvalue weighted by molar-refractivity contribution is 0.169. The van der Waals surface area contributed by atoms with Crippen LogP contribution in [0.4, 0.5) is 5.69 Å². The van der Waals surface area contributed by atoms with E-state index in [0.29, 0.717) is 13.1 Å². The van der Waals surface area contributed by atoms with Crippen molar-refractivity contribution in [2.24, 2.45) is 0 Å². The van der Waals surface area contributed by atoms with Crippen molar-refractivity contribution in [2.75, 3.05) is 11.9 Å². The molecule has 0 aliphatic rings. The van der Waals surface area contributed by atoms with Crippen molar-refractivity contribution < 1.29 is 5.11 Å². The summed E-state index contributed by atoms with van der Waals surface area (Å²) in [7, 11) is 0. The van der Waals surface area contributed by atoms with Gasteiger partial charge in [-0.25, -0.2) is 0 Å². The monoisotopic (exact) mass is 358 g/mol. The summed E-state index contributed by atoms with van der Waals surface area (Å²) in [6, 6.07) is 21.2. The van der Waals surface area contributed by atoms with Crippen LogP contribution in [0.5, 0.6) is 0 Å². The Morgan fingerprint density at radius 1 is 0.852 bits per heavy atom. The number of aliphatic hydroxyl groups is 1. The second-order valence-corrected chi connectivity index (χ2v) is 7.45. The second-order valence-electron chi connectivity index (χ2n) is 7.45. The Balaban J connectivity index is 1.59. The topological polar surface area (TPSA) is 37.2 Å². The lowest BCUT2D eigenvalue weighted by Gasteiger charge is -2.18. The number of aryl methyl sites for hydroxylation is 3. The fraction of sp³-hybridized carbons (Fsp3) is 0.250. The SMILES string of the molecule is Cc1cc(C)c(NC[C@@H](O)Cn2c3ccccc3c3ccccc32)c(C)c1. The van der Waals surface area contributed by atoms with E-state index in [2.05, 4.69) is 91.3 Å². The molecule has 1 heterocycles. The van der Waals surface area contributed by atoms with Crippen molar-refractivity contribution in [1.82, 2.24) is 4.57 Å². The molecule has 0 aliphatic heterocycles. The molecule has 0 saturated heterocycles. The molecule has 0 radical (unpaired) electrons. The predicted octanol–water partition coefficient (Wildman–Crippen LogP) is 5.19. The molecule has 0 saturated carbocycles. The van der Waals surface area contributed by atoms with Gasteiger partial charge in [0.05, 0.1) is 12.6 Å². The molecule has 138 valence electrons. The average molecular weight is 358 g/mol. The first-order valence-electron chi connectivity index (χ1n) is 9.50. The van der Waals surface area contributed by atoms with Gasteiger partial charge in [0.2, 0.25) is 0 Å². The van der Waals surface area contributed by atoms with Crippen LogP contribution in [-0.4, -0.2) is 22.3 Å². The summed E-state index contributed by atoms with van der Waals surface area (Å²) < 4.78 is 2.23. The number of fused-ring (bicyclic) bond motifs is 3. The normalized spacial score (nSPS) is 12.6. The van der Waals surface area contributed by atoms with E-state index in [9.17, 15) is 5.11 Å². The van der Waals surface area contributed by atoms with Crippen molar-refractivity contribution in [3.05, 3.63) is 77.4 Å². The van der Waals surface area contributed by atoms with Crippen LogP contribution < -0.4 is 5.32 Å². The molecule has 0 spiro atoms. The third kappa shape index (κ3) is 3.31. The molecule has 3 heteroatoms. The Bertz CT molecular complexity index is 1030. The molecule has 0 unspecified atom stereocenters. The number of anilines is 1. The van der Waals surface area contributed by atoms with Gasteiger partial charge in [0, 0.05) is 34.0 Å². The molecule has 3 aromatic carbocycles. The fourth-order valence-corrected chi connectivity index (χ4v) is 4.15. The summed E-state index contributed by atoms with van der Waals surface area (Å²) in [6.07, 6.45) is -0.482. The van der Waals surface area contributed by atoms with Crippen LogP contribution >= 0.6 is 0 Å². The third-order valence-corrected chi connectivity index (χ3v) is 5.26. The average Bonchev–Trinajstić information content (AvgIpc) is 2.95. The van der Waals surface area contributed by atoms with E-state index < -0.39 is 6.10 Å². The van der Waals surface area contributed by atoms with Crippen molar-refractivity contribution in [3.63, 3.8) is 0 Å². The van der Waals surface area contributed by atoms with Gasteiger partial charge in [-0.2, -0.15) is 0 Å². The van der Waals surface area contributed by atoms with Crippen LogP contribution in [0.25, 0.3) is 21.8 Å². The van der Waals surface area contributed by atoms with E-state index in [1.54, 1.807) is 0 Å². The van der Waals surface area contributed by atoms with E-state index in [-0.39, 0.29) is 0 Å². The van der Waals surface area contributed by atoms with E-state index in [1.165, 1.54) is 38.5 Å². The Morgan fingerprint density at radius 2 is 1.37 bits per heavy atom. The quantitative estimate of drug-likeness (QED) is 0.515. The Hall–Kier alpha value is -2.78. The number of para-hydroxylation sites is 2. The zero-order chi connectivity index (χ0) is 19.0. The number of hydrogen-bond donors (Lipinski definition) is 2. The lowest BCUT2D eigenvalue weighted by atomic mass is 10.0. The summed E-state index contributed by atoms with van der Waals surface area (Å²) in [5.74, 6) is 0. The Morgan fingerprint density at radius 3 is 1.93 bits per heavy atom. The highest BCUT2D eigenvalue weighted by Crippen LogP contribution is 2.29. The second kappa shape index (κ2) is 7.09. The van der Waals surface area contributed by atoms with Gasteiger partial charge in [-0.15, -0.1) is 0 Å². The van der Waals surface area contributed by atoms with E-state index >= 15 is 0 Å². The highest BCUT2D eigenvalue weighted by molar-refractivity contribution is 6.07. The number of rotatable bonds is 5. The molecule has 1 atom stereocenters. The first kappa shape index (κ1) is 17.6. The molecule has 3 nitrogen and oxygen atoms in total. The molecule has 27 heavy (non-hydrogen) atoms. The summed E-state index contributed by atoms with van der Waals surface area (Å²) >= 11 is 0. The van der Waals surface area contributed by atoms with Crippen LogP contribution in [0.15, 0.2) is 60.7 Å².